The van der Waals surface area contributed by atoms with Crippen LogP contribution in [0.25, 0.3) is 11.4 Å². The van der Waals surface area contributed by atoms with E-state index in [1.165, 1.54) is 0 Å². The second-order valence-corrected chi connectivity index (χ2v) is 6.63. The summed E-state index contributed by atoms with van der Waals surface area (Å²) >= 11 is 0. The number of carbonyl (C=O) groups is 1. The zero-order valence-corrected chi connectivity index (χ0v) is 16.9. The van der Waals surface area contributed by atoms with Crippen LogP contribution in [0.3, 0.4) is 0 Å². The largest absolute Gasteiger partial charge is 0.493 e. The van der Waals surface area contributed by atoms with E-state index in [1.54, 1.807) is 26.2 Å². The van der Waals surface area contributed by atoms with Gasteiger partial charge in [0.25, 0.3) is 0 Å². The van der Waals surface area contributed by atoms with Crippen LogP contribution in [0.15, 0.2) is 53.1 Å². The van der Waals surface area contributed by atoms with Gasteiger partial charge in [-0.05, 0) is 24.1 Å². The van der Waals surface area contributed by atoms with Crippen LogP contribution < -0.4 is 9.47 Å². The van der Waals surface area contributed by atoms with Gasteiger partial charge in [-0.2, -0.15) is 4.98 Å². The van der Waals surface area contributed by atoms with Crippen molar-refractivity contribution in [3.05, 3.63) is 60.0 Å². The van der Waals surface area contributed by atoms with E-state index >= 15 is 0 Å². The molecule has 0 aliphatic carbocycles. The molecule has 0 atom stereocenters. The molecule has 1 heterocycles. The van der Waals surface area contributed by atoms with Gasteiger partial charge >= 0.3 is 0 Å². The number of aromatic nitrogens is 2. The highest BCUT2D eigenvalue weighted by molar-refractivity contribution is 5.76. The van der Waals surface area contributed by atoms with Crippen molar-refractivity contribution in [2.24, 2.45) is 0 Å². The number of likely N-dealkylation sites (N-methyl/N-ethyl adjacent to an activating group) is 1. The Morgan fingerprint density at radius 2 is 1.79 bits per heavy atom. The normalized spacial score (nSPS) is 10.6. The van der Waals surface area contributed by atoms with Gasteiger partial charge in [-0.15, -0.1) is 0 Å². The fraction of sp³-hybridized carbons (Fsp3) is 0.318. The number of methoxy groups -OCH3 is 2. The Bertz CT molecular complexity index is 940. The minimum absolute atomic E-state index is 0.0323. The summed E-state index contributed by atoms with van der Waals surface area (Å²) in [6.07, 6.45) is 1.46. The van der Waals surface area contributed by atoms with E-state index in [0.29, 0.717) is 42.6 Å². The molecule has 0 spiro atoms. The van der Waals surface area contributed by atoms with Gasteiger partial charge in [0.15, 0.2) is 11.5 Å². The van der Waals surface area contributed by atoms with Crippen LogP contribution in [-0.2, 0) is 17.6 Å². The summed E-state index contributed by atoms with van der Waals surface area (Å²) in [5, 5.41) is 3.98. The molecule has 7 nitrogen and oxygen atoms in total. The Morgan fingerprint density at radius 1 is 1.03 bits per heavy atom. The molecule has 1 amide bonds. The van der Waals surface area contributed by atoms with Crippen LogP contribution in [0, 0.1) is 0 Å². The van der Waals surface area contributed by atoms with Crippen molar-refractivity contribution < 1.29 is 18.8 Å². The summed E-state index contributed by atoms with van der Waals surface area (Å²) in [4.78, 5) is 18.5. The first-order valence-corrected chi connectivity index (χ1v) is 9.43. The Hall–Kier alpha value is -3.35. The van der Waals surface area contributed by atoms with E-state index in [-0.39, 0.29) is 5.91 Å². The van der Waals surface area contributed by atoms with Gasteiger partial charge < -0.3 is 18.9 Å². The van der Waals surface area contributed by atoms with Crippen LogP contribution in [0.5, 0.6) is 11.5 Å². The van der Waals surface area contributed by atoms with E-state index in [4.69, 9.17) is 14.0 Å². The Labute approximate surface area is 170 Å². The number of nitrogens with zero attached hydrogens (tertiary/aromatic N) is 3. The molecule has 0 aliphatic rings. The van der Waals surface area contributed by atoms with Crippen LogP contribution in [-0.4, -0.2) is 48.8 Å². The van der Waals surface area contributed by atoms with Gasteiger partial charge in [-0.25, -0.2) is 0 Å². The first kappa shape index (κ1) is 20.4. The molecule has 1 aromatic heterocycles. The second-order valence-electron chi connectivity index (χ2n) is 6.63. The molecule has 7 heteroatoms. The van der Waals surface area contributed by atoms with Gasteiger partial charge in [0.2, 0.25) is 17.6 Å². The summed E-state index contributed by atoms with van der Waals surface area (Å²) < 4.78 is 15.8. The highest BCUT2D eigenvalue weighted by Crippen LogP contribution is 2.27. The summed E-state index contributed by atoms with van der Waals surface area (Å²) in [6.45, 7) is 0.605. The lowest BCUT2D eigenvalue weighted by molar-refractivity contribution is -0.129. The molecule has 3 aromatic rings. The molecule has 0 unspecified atom stereocenters. The molecule has 0 saturated carbocycles. The number of hydrogen-bond donors (Lipinski definition) is 0. The molecule has 0 radical (unpaired) electrons. The molecule has 3 rings (SSSR count). The van der Waals surface area contributed by atoms with E-state index in [1.807, 2.05) is 48.5 Å². The van der Waals surface area contributed by atoms with Gasteiger partial charge in [-0.1, -0.05) is 41.6 Å². The van der Waals surface area contributed by atoms with E-state index in [0.717, 1.165) is 17.5 Å². The van der Waals surface area contributed by atoms with Crippen molar-refractivity contribution in [1.29, 1.82) is 0 Å². The van der Waals surface area contributed by atoms with E-state index < -0.39 is 0 Å². The standard InChI is InChI=1S/C22H25N3O4/c1-25(14-13-16-9-10-18(27-2)19(15-16)28-3)21(26)12-11-20-23-22(24-29-20)17-7-5-4-6-8-17/h4-10,15H,11-14H2,1-3H3. The average molecular weight is 395 g/mol. The SMILES string of the molecule is COc1ccc(CCN(C)C(=O)CCc2nc(-c3ccccc3)no2)cc1OC. The second kappa shape index (κ2) is 9.73. The third-order valence-electron chi connectivity index (χ3n) is 4.66. The minimum atomic E-state index is 0.0323. The van der Waals surface area contributed by atoms with Gasteiger partial charge in [-0.3, -0.25) is 4.79 Å². The van der Waals surface area contributed by atoms with Crippen LogP contribution in [0.2, 0.25) is 0 Å². The van der Waals surface area contributed by atoms with Gasteiger partial charge in [0.05, 0.1) is 14.2 Å². The van der Waals surface area contributed by atoms with Crippen molar-refractivity contribution in [2.75, 3.05) is 27.8 Å². The average Bonchev–Trinajstić information content (AvgIpc) is 3.25. The lowest BCUT2D eigenvalue weighted by Crippen LogP contribution is -2.29. The smallest absolute Gasteiger partial charge is 0.227 e. The Kier molecular flexibility index (Phi) is 6.84. The van der Waals surface area contributed by atoms with Crippen molar-refractivity contribution >= 4 is 5.91 Å². The van der Waals surface area contributed by atoms with E-state index in [9.17, 15) is 4.79 Å². The molecule has 0 aliphatic heterocycles. The molecule has 29 heavy (non-hydrogen) atoms. The van der Waals surface area contributed by atoms with Crippen molar-refractivity contribution in [2.45, 2.75) is 19.3 Å². The van der Waals surface area contributed by atoms with Crippen molar-refractivity contribution in [3.63, 3.8) is 0 Å². The molecule has 0 N–H and O–H groups in total. The van der Waals surface area contributed by atoms with Crippen LogP contribution in [0.1, 0.15) is 17.9 Å². The molecular weight excluding hydrogens is 370 g/mol. The molecule has 2 aromatic carbocycles. The van der Waals surface area contributed by atoms with Gasteiger partial charge in [0, 0.05) is 32.0 Å². The fourth-order valence-electron chi connectivity index (χ4n) is 2.92. The highest BCUT2D eigenvalue weighted by atomic mass is 16.5. The topological polar surface area (TPSA) is 77.7 Å². The zero-order valence-electron chi connectivity index (χ0n) is 16.9. The lowest BCUT2D eigenvalue weighted by atomic mass is 10.1. The first-order valence-electron chi connectivity index (χ1n) is 9.43. The predicted octanol–water partition coefficient (Wildman–Crippen LogP) is 3.39. The lowest BCUT2D eigenvalue weighted by Gasteiger charge is -2.17. The van der Waals surface area contributed by atoms with Crippen LogP contribution >= 0.6 is 0 Å². The molecular formula is C22H25N3O4. The molecule has 152 valence electrons. The summed E-state index contributed by atoms with van der Waals surface area (Å²) in [5.41, 5.74) is 1.97. The van der Waals surface area contributed by atoms with Crippen molar-refractivity contribution in [1.82, 2.24) is 15.0 Å². The molecule has 0 bridgehead atoms. The third-order valence-corrected chi connectivity index (χ3v) is 4.66. The maximum atomic E-state index is 12.4. The Balaban J connectivity index is 1.49. The molecule has 0 saturated heterocycles. The summed E-state index contributed by atoms with van der Waals surface area (Å²) in [7, 11) is 5.01. The third kappa shape index (κ3) is 5.34. The number of benzene rings is 2. The highest BCUT2D eigenvalue weighted by Gasteiger charge is 2.14. The maximum Gasteiger partial charge on any atom is 0.227 e. The number of rotatable bonds is 9. The van der Waals surface area contributed by atoms with E-state index in [2.05, 4.69) is 10.1 Å². The number of carbonyl (C=O) groups excluding carboxylic acids is 1. The fourth-order valence-corrected chi connectivity index (χ4v) is 2.92. The number of hydrogen-bond acceptors (Lipinski definition) is 6. The number of ether oxygens (including phenoxy) is 2. The monoisotopic (exact) mass is 395 g/mol. The first-order chi connectivity index (χ1) is 14.1. The summed E-state index contributed by atoms with van der Waals surface area (Å²) in [5.74, 6) is 2.41. The van der Waals surface area contributed by atoms with Crippen molar-refractivity contribution in [3.8, 4) is 22.9 Å². The summed E-state index contributed by atoms with van der Waals surface area (Å²) in [6, 6.07) is 15.4. The Morgan fingerprint density at radius 3 is 2.52 bits per heavy atom. The predicted molar refractivity (Wildman–Crippen MR) is 109 cm³/mol. The number of amides is 1. The molecule has 0 fully saturated rings. The quantitative estimate of drug-likeness (QED) is 0.553. The van der Waals surface area contributed by atoms with Gasteiger partial charge in [0.1, 0.15) is 0 Å². The number of aryl methyl sites for hydroxylation is 1. The van der Waals surface area contributed by atoms with Crippen LogP contribution in [0.4, 0.5) is 0 Å². The zero-order chi connectivity index (χ0) is 20.6. The maximum absolute atomic E-state index is 12.4. The minimum Gasteiger partial charge on any atom is -0.493 e.